The molecular formula is C28H37N3O9S3. The van der Waals surface area contributed by atoms with Crippen LogP contribution in [0.4, 0.5) is 0 Å². The molecule has 0 saturated carbocycles. The van der Waals surface area contributed by atoms with Crippen molar-refractivity contribution in [1.29, 1.82) is 0 Å². The lowest BCUT2D eigenvalue weighted by Gasteiger charge is -2.23. The number of nitrogens with zero attached hydrogens (tertiary/aromatic N) is 1. The first-order chi connectivity index (χ1) is 20.2. The zero-order valence-corrected chi connectivity index (χ0v) is 25.9. The Morgan fingerprint density at radius 3 is 1.05 bits per heavy atom. The van der Waals surface area contributed by atoms with Gasteiger partial charge >= 0.3 is 0 Å². The molecule has 0 aliphatic carbocycles. The summed E-state index contributed by atoms with van der Waals surface area (Å²) in [5.41, 5.74) is 2.80. The summed E-state index contributed by atoms with van der Waals surface area (Å²) in [4.78, 5) is 1.83. The minimum Gasteiger partial charge on any atom is -0.315 e. The molecule has 12 nitrogen and oxygen atoms in total. The predicted octanol–water partition coefficient (Wildman–Crippen LogP) is 1.94. The second kappa shape index (κ2) is 15.8. The van der Waals surface area contributed by atoms with Gasteiger partial charge in [0.05, 0.1) is 14.7 Å². The molecule has 0 amide bonds. The van der Waals surface area contributed by atoms with Crippen LogP contribution in [-0.4, -0.2) is 89.6 Å². The summed E-state index contributed by atoms with van der Waals surface area (Å²) in [5, 5.41) is 6.77. The number of benzene rings is 3. The number of hydrogen-bond acceptors (Lipinski definition) is 9. The van der Waals surface area contributed by atoms with Gasteiger partial charge in [0, 0.05) is 32.7 Å². The minimum atomic E-state index is -4.25. The molecule has 0 aliphatic rings. The molecule has 0 atom stereocenters. The van der Waals surface area contributed by atoms with Gasteiger partial charge in [0.1, 0.15) is 0 Å². The number of hydrogen-bond donors (Lipinski definition) is 5. The van der Waals surface area contributed by atoms with E-state index in [9.17, 15) is 29.8 Å². The third kappa shape index (κ3) is 12.4. The van der Waals surface area contributed by atoms with Crippen molar-refractivity contribution in [3.8, 4) is 0 Å². The molecule has 236 valence electrons. The molecule has 43 heavy (non-hydrogen) atoms. The molecule has 0 aromatic heterocycles. The van der Waals surface area contributed by atoms with Crippen LogP contribution in [0, 0.1) is 0 Å². The third-order valence-corrected chi connectivity index (χ3v) is 9.37. The lowest BCUT2D eigenvalue weighted by molar-refractivity contribution is 0.276. The highest BCUT2D eigenvalue weighted by molar-refractivity contribution is 7.86. The first-order valence-corrected chi connectivity index (χ1v) is 17.9. The van der Waals surface area contributed by atoms with E-state index in [1.54, 1.807) is 36.4 Å². The van der Waals surface area contributed by atoms with Gasteiger partial charge in [0.25, 0.3) is 30.4 Å². The maximum Gasteiger partial charge on any atom is 0.294 e. The van der Waals surface area contributed by atoms with Gasteiger partial charge in [-0.2, -0.15) is 25.3 Å². The molecule has 0 spiro atoms. The number of rotatable bonds is 18. The van der Waals surface area contributed by atoms with Crippen LogP contribution in [0.3, 0.4) is 0 Å². The summed E-state index contributed by atoms with van der Waals surface area (Å²) in [7, 11) is -12.7. The molecule has 15 heteroatoms. The van der Waals surface area contributed by atoms with Gasteiger partial charge in [0.15, 0.2) is 0 Å². The molecule has 0 fully saturated rings. The zero-order valence-electron chi connectivity index (χ0n) is 23.5. The fourth-order valence-electron chi connectivity index (χ4n) is 4.30. The molecule has 3 aromatic rings. The van der Waals surface area contributed by atoms with Crippen molar-refractivity contribution in [1.82, 2.24) is 15.5 Å². The van der Waals surface area contributed by atoms with Gasteiger partial charge in [-0.1, -0.05) is 36.4 Å². The zero-order chi connectivity index (χ0) is 31.5. The van der Waals surface area contributed by atoms with Crippen molar-refractivity contribution < 1.29 is 38.9 Å². The second-order valence-corrected chi connectivity index (χ2v) is 14.2. The van der Waals surface area contributed by atoms with E-state index < -0.39 is 30.4 Å². The van der Waals surface area contributed by atoms with Crippen molar-refractivity contribution in [3.63, 3.8) is 0 Å². The van der Waals surface area contributed by atoms with Crippen molar-refractivity contribution in [2.24, 2.45) is 0 Å². The van der Waals surface area contributed by atoms with E-state index in [0.29, 0.717) is 52.0 Å². The normalized spacial score (nSPS) is 12.6. The quantitative estimate of drug-likeness (QED) is 0.0990. The van der Waals surface area contributed by atoms with E-state index >= 15 is 0 Å². The minimum absolute atomic E-state index is 0.142. The first-order valence-electron chi connectivity index (χ1n) is 13.5. The molecule has 0 unspecified atom stereocenters. The molecule has 0 saturated heterocycles. The standard InChI is InChI=1S/C28H37N3O9S3/c32-41(33,34)26-7-1-23(2-8-26)13-16-29-18-21-31(20-15-25-5-11-28(12-6-25)43(38,39)40)22-19-30-17-14-24-3-9-27(10-4-24)42(35,36)37/h1-12,29-30H,13-22H2,(H,32,33,34)(H,35,36,37)(H,38,39,40). The predicted molar refractivity (Wildman–Crippen MR) is 162 cm³/mol. The van der Waals surface area contributed by atoms with Crippen molar-refractivity contribution >= 4 is 30.4 Å². The molecule has 3 aromatic carbocycles. The van der Waals surface area contributed by atoms with Crippen LogP contribution in [0.15, 0.2) is 87.5 Å². The molecule has 5 N–H and O–H groups in total. The maximum atomic E-state index is 11.3. The summed E-state index contributed by atoms with van der Waals surface area (Å²) < 4.78 is 94.8. The van der Waals surface area contributed by atoms with Gasteiger partial charge < -0.3 is 15.5 Å². The summed E-state index contributed by atoms with van der Waals surface area (Å²) >= 11 is 0. The molecule has 0 radical (unpaired) electrons. The highest BCUT2D eigenvalue weighted by Gasteiger charge is 2.11. The molecule has 0 bridgehead atoms. The average Bonchev–Trinajstić information content (AvgIpc) is 2.94. The summed E-state index contributed by atoms with van der Waals surface area (Å²) in [6.45, 7) is 4.93. The van der Waals surface area contributed by atoms with Gasteiger partial charge in [-0.15, -0.1) is 0 Å². The fraction of sp³-hybridized carbons (Fsp3) is 0.357. The second-order valence-electron chi connectivity index (χ2n) is 9.95. The van der Waals surface area contributed by atoms with Crippen LogP contribution in [0.5, 0.6) is 0 Å². The Labute approximate surface area is 253 Å². The Morgan fingerprint density at radius 2 is 0.744 bits per heavy atom. The largest absolute Gasteiger partial charge is 0.315 e. The van der Waals surface area contributed by atoms with Crippen LogP contribution in [0.1, 0.15) is 16.7 Å². The topological polar surface area (TPSA) is 190 Å². The average molecular weight is 656 g/mol. The smallest absolute Gasteiger partial charge is 0.294 e. The summed E-state index contributed by atoms with van der Waals surface area (Å²) in [6, 6.07) is 18.3. The molecular weight excluding hydrogens is 619 g/mol. The van der Waals surface area contributed by atoms with E-state index in [1.165, 1.54) is 36.4 Å². The molecule has 0 aliphatic heterocycles. The van der Waals surface area contributed by atoms with Gasteiger partial charge in [-0.25, -0.2) is 0 Å². The summed E-state index contributed by atoms with van der Waals surface area (Å²) in [5.74, 6) is 0. The monoisotopic (exact) mass is 655 g/mol. The van der Waals surface area contributed by atoms with Gasteiger partial charge in [-0.05, 0) is 85.4 Å². The van der Waals surface area contributed by atoms with Crippen LogP contribution >= 0.6 is 0 Å². The maximum absolute atomic E-state index is 11.3. The van der Waals surface area contributed by atoms with Crippen molar-refractivity contribution in [2.45, 2.75) is 33.9 Å². The Balaban J connectivity index is 1.46. The van der Waals surface area contributed by atoms with E-state index in [4.69, 9.17) is 9.11 Å². The Morgan fingerprint density at radius 1 is 0.442 bits per heavy atom. The lowest BCUT2D eigenvalue weighted by atomic mass is 10.1. The van der Waals surface area contributed by atoms with Crippen molar-refractivity contribution in [2.75, 3.05) is 45.8 Å². The van der Waals surface area contributed by atoms with Gasteiger partial charge in [-0.3, -0.25) is 13.7 Å². The van der Waals surface area contributed by atoms with Crippen LogP contribution in [-0.2, 0) is 49.6 Å². The van der Waals surface area contributed by atoms with E-state index in [0.717, 1.165) is 29.8 Å². The third-order valence-electron chi connectivity index (χ3n) is 6.77. The summed E-state index contributed by atoms with van der Waals surface area (Å²) in [6.07, 6.45) is 2.03. The van der Waals surface area contributed by atoms with Crippen LogP contribution in [0.2, 0.25) is 0 Å². The highest BCUT2D eigenvalue weighted by atomic mass is 32.2. The van der Waals surface area contributed by atoms with Gasteiger partial charge in [0.2, 0.25) is 0 Å². The van der Waals surface area contributed by atoms with Crippen LogP contribution < -0.4 is 10.6 Å². The van der Waals surface area contributed by atoms with E-state index in [1.807, 2.05) is 0 Å². The van der Waals surface area contributed by atoms with Crippen molar-refractivity contribution in [3.05, 3.63) is 89.5 Å². The Hall–Kier alpha value is -2.73. The highest BCUT2D eigenvalue weighted by Crippen LogP contribution is 2.12. The fourth-order valence-corrected chi connectivity index (χ4v) is 5.74. The SMILES string of the molecule is O=S(=O)(O)c1ccc(CCNCCN(CCNCCc2ccc(S(=O)(=O)O)cc2)CCc2ccc(S(=O)(=O)O)cc2)cc1. The number of nitrogens with one attached hydrogen (secondary N) is 2. The lowest BCUT2D eigenvalue weighted by Crippen LogP contribution is -2.38. The Kier molecular flexibility index (Phi) is 12.8. The molecule has 3 rings (SSSR count). The van der Waals surface area contributed by atoms with E-state index in [-0.39, 0.29) is 14.7 Å². The first kappa shape index (κ1) is 34.8. The molecule has 0 heterocycles. The van der Waals surface area contributed by atoms with E-state index in [2.05, 4.69) is 15.5 Å². The Bertz CT molecular complexity index is 1540. The van der Waals surface area contributed by atoms with Crippen LogP contribution in [0.25, 0.3) is 0 Å².